The summed E-state index contributed by atoms with van der Waals surface area (Å²) in [5.74, 6) is -0.701. The highest BCUT2D eigenvalue weighted by Gasteiger charge is 2.31. The van der Waals surface area contributed by atoms with Gasteiger partial charge in [0.25, 0.3) is 5.91 Å². The third kappa shape index (κ3) is 4.46. The van der Waals surface area contributed by atoms with Gasteiger partial charge in [0.2, 0.25) is 11.8 Å². The molecule has 1 aliphatic heterocycles. The Balaban J connectivity index is 1.48. The average Bonchev–Trinajstić information content (AvgIpc) is 3.60. The maximum Gasteiger partial charge on any atom is 0.260 e. The van der Waals surface area contributed by atoms with Crippen LogP contribution in [0.1, 0.15) is 40.7 Å². The standard InChI is InChI=1S/C26H25N5O3S/c1-17-7-8-21-24(18(17)2)28-26(35-21)30(13-4-12-29-14-11-27-16-29)25(34)19-5-3-6-20(15-19)31-22(32)9-10-23(31)33/h3,5-8,11,14-16H,4,9-10,12-13H2,1-2H3. The molecule has 3 heterocycles. The van der Waals surface area contributed by atoms with E-state index < -0.39 is 0 Å². The van der Waals surface area contributed by atoms with Gasteiger partial charge in [-0.25, -0.2) is 9.97 Å². The van der Waals surface area contributed by atoms with Gasteiger partial charge in [0.1, 0.15) is 0 Å². The van der Waals surface area contributed by atoms with Crippen molar-refractivity contribution in [2.75, 3.05) is 16.3 Å². The van der Waals surface area contributed by atoms with Crippen LogP contribution in [0.2, 0.25) is 0 Å². The van der Waals surface area contributed by atoms with E-state index in [9.17, 15) is 14.4 Å². The van der Waals surface area contributed by atoms with Crippen molar-refractivity contribution in [1.29, 1.82) is 0 Å². The third-order valence-electron chi connectivity index (χ3n) is 6.31. The van der Waals surface area contributed by atoms with Gasteiger partial charge in [-0.1, -0.05) is 23.5 Å². The number of rotatable bonds is 7. The van der Waals surface area contributed by atoms with Gasteiger partial charge in [0.15, 0.2) is 5.13 Å². The molecule has 1 aliphatic rings. The minimum atomic E-state index is -0.242. The number of aryl methyl sites for hydroxylation is 3. The van der Waals surface area contributed by atoms with Crippen LogP contribution in [0.25, 0.3) is 10.2 Å². The fraction of sp³-hybridized carbons (Fsp3) is 0.269. The lowest BCUT2D eigenvalue weighted by molar-refractivity contribution is -0.121. The zero-order chi connectivity index (χ0) is 24.5. The number of thiazole rings is 1. The van der Waals surface area contributed by atoms with Gasteiger partial charge in [0, 0.05) is 43.9 Å². The van der Waals surface area contributed by atoms with Crippen LogP contribution in [-0.2, 0) is 16.1 Å². The normalized spacial score (nSPS) is 13.7. The van der Waals surface area contributed by atoms with Gasteiger partial charge in [-0.15, -0.1) is 0 Å². The summed E-state index contributed by atoms with van der Waals surface area (Å²) < 4.78 is 3.00. The van der Waals surface area contributed by atoms with E-state index in [1.165, 1.54) is 16.2 Å². The van der Waals surface area contributed by atoms with Crippen LogP contribution in [0.15, 0.2) is 55.1 Å². The molecule has 0 radical (unpaired) electrons. The molecule has 1 fully saturated rings. The van der Waals surface area contributed by atoms with Crippen LogP contribution in [0, 0.1) is 13.8 Å². The van der Waals surface area contributed by atoms with E-state index in [2.05, 4.69) is 11.1 Å². The molecule has 4 aromatic rings. The van der Waals surface area contributed by atoms with Crippen molar-refractivity contribution in [2.24, 2.45) is 0 Å². The average molecular weight is 488 g/mol. The Morgan fingerprint density at radius 1 is 1.11 bits per heavy atom. The number of imidazole rings is 1. The van der Waals surface area contributed by atoms with Crippen LogP contribution >= 0.6 is 11.3 Å². The van der Waals surface area contributed by atoms with E-state index in [0.717, 1.165) is 21.3 Å². The third-order valence-corrected chi connectivity index (χ3v) is 7.35. The van der Waals surface area contributed by atoms with E-state index >= 15 is 0 Å². The van der Waals surface area contributed by atoms with Gasteiger partial charge in [-0.2, -0.15) is 0 Å². The number of anilines is 2. The molecule has 0 unspecified atom stereocenters. The molecular formula is C26H25N5O3S. The van der Waals surface area contributed by atoms with Gasteiger partial charge in [0.05, 0.1) is 22.2 Å². The Kier molecular flexibility index (Phi) is 6.17. The Bertz CT molecular complexity index is 1410. The summed E-state index contributed by atoms with van der Waals surface area (Å²) in [5.41, 5.74) is 3.99. The molecule has 0 N–H and O–H groups in total. The highest BCUT2D eigenvalue weighted by Crippen LogP contribution is 2.33. The molecular weight excluding hydrogens is 462 g/mol. The Morgan fingerprint density at radius 3 is 2.66 bits per heavy atom. The molecule has 9 heteroatoms. The molecule has 0 aliphatic carbocycles. The van der Waals surface area contributed by atoms with Crippen molar-refractivity contribution in [3.63, 3.8) is 0 Å². The Labute approximate surface area is 206 Å². The largest absolute Gasteiger partial charge is 0.337 e. The molecule has 5 rings (SSSR count). The molecule has 2 aromatic carbocycles. The number of benzene rings is 2. The minimum Gasteiger partial charge on any atom is -0.337 e. The lowest BCUT2D eigenvalue weighted by Crippen LogP contribution is -2.33. The Hall–Kier alpha value is -3.85. The first kappa shape index (κ1) is 22.9. The van der Waals surface area contributed by atoms with Crippen molar-refractivity contribution in [3.8, 4) is 0 Å². The first-order chi connectivity index (χ1) is 16.9. The highest BCUT2D eigenvalue weighted by atomic mass is 32.1. The van der Waals surface area contributed by atoms with Crippen LogP contribution in [0.4, 0.5) is 10.8 Å². The van der Waals surface area contributed by atoms with Crippen LogP contribution in [0.5, 0.6) is 0 Å². The maximum atomic E-state index is 13.8. The van der Waals surface area contributed by atoms with Gasteiger partial charge in [-0.3, -0.25) is 24.2 Å². The van der Waals surface area contributed by atoms with Gasteiger partial charge >= 0.3 is 0 Å². The van der Waals surface area contributed by atoms with Crippen molar-refractivity contribution in [1.82, 2.24) is 14.5 Å². The zero-order valence-electron chi connectivity index (χ0n) is 19.6. The molecule has 0 saturated carbocycles. The fourth-order valence-corrected chi connectivity index (χ4v) is 5.29. The van der Waals surface area contributed by atoms with Crippen molar-refractivity contribution >= 4 is 50.1 Å². The maximum absolute atomic E-state index is 13.8. The number of aromatic nitrogens is 3. The van der Waals surface area contributed by atoms with Crippen molar-refractivity contribution < 1.29 is 14.4 Å². The quantitative estimate of drug-likeness (QED) is 0.358. The van der Waals surface area contributed by atoms with E-state index in [0.29, 0.717) is 35.9 Å². The summed E-state index contributed by atoms with van der Waals surface area (Å²) >= 11 is 1.49. The molecule has 2 aromatic heterocycles. The number of nitrogens with zero attached hydrogens (tertiary/aromatic N) is 5. The van der Waals surface area contributed by atoms with E-state index in [4.69, 9.17) is 4.98 Å². The van der Waals surface area contributed by atoms with Crippen molar-refractivity contribution in [3.05, 3.63) is 71.8 Å². The van der Waals surface area contributed by atoms with Crippen molar-refractivity contribution in [2.45, 2.75) is 39.7 Å². The zero-order valence-corrected chi connectivity index (χ0v) is 20.4. The second-order valence-electron chi connectivity index (χ2n) is 8.63. The van der Waals surface area contributed by atoms with Crippen LogP contribution in [-0.4, -0.2) is 38.8 Å². The summed E-state index contributed by atoms with van der Waals surface area (Å²) in [6, 6.07) is 10.8. The number of hydrogen-bond donors (Lipinski definition) is 0. The predicted molar refractivity (Wildman–Crippen MR) is 136 cm³/mol. The van der Waals surface area contributed by atoms with E-state index in [1.54, 1.807) is 41.7 Å². The number of amides is 3. The number of hydrogen-bond acceptors (Lipinski definition) is 6. The highest BCUT2D eigenvalue weighted by molar-refractivity contribution is 7.22. The lowest BCUT2D eigenvalue weighted by Gasteiger charge is -2.21. The molecule has 0 atom stereocenters. The summed E-state index contributed by atoms with van der Waals surface area (Å²) in [5, 5.41) is 0.628. The predicted octanol–water partition coefficient (Wildman–Crippen LogP) is 4.50. The van der Waals surface area contributed by atoms with E-state index in [1.807, 2.05) is 30.7 Å². The summed E-state index contributed by atoms with van der Waals surface area (Å²) in [4.78, 5) is 50.0. The Morgan fingerprint density at radius 2 is 1.91 bits per heavy atom. The monoisotopic (exact) mass is 487 g/mol. The summed E-state index contributed by atoms with van der Waals surface area (Å²) in [7, 11) is 0. The molecule has 178 valence electrons. The minimum absolute atomic E-state index is 0.196. The molecule has 0 spiro atoms. The molecule has 8 nitrogen and oxygen atoms in total. The number of imide groups is 1. The van der Waals surface area contributed by atoms with Crippen LogP contribution < -0.4 is 9.80 Å². The fourth-order valence-electron chi connectivity index (χ4n) is 4.24. The molecule has 1 saturated heterocycles. The van der Waals surface area contributed by atoms with Gasteiger partial charge < -0.3 is 4.57 Å². The topological polar surface area (TPSA) is 88.4 Å². The summed E-state index contributed by atoms with van der Waals surface area (Å²) in [6.45, 7) is 5.26. The lowest BCUT2D eigenvalue weighted by atomic mass is 10.1. The second kappa shape index (κ2) is 9.42. The second-order valence-corrected chi connectivity index (χ2v) is 9.64. The van der Waals surface area contributed by atoms with E-state index in [-0.39, 0.29) is 30.6 Å². The SMILES string of the molecule is Cc1ccc2sc(N(CCCn3ccnc3)C(=O)c3cccc(N4C(=O)CCC4=O)c3)nc2c1C. The van der Waals surface area contributed by atoms with Crippen LogP contribution in [0.3, 0.4) is 0 Å². The van der Waals surface area contributed by atoms with Gasteiger partial charge in [-0.05, 0) is 55.7 Å². The summed E-state index contributed by atoms with van der Waals surface area (Å²) in [6.07, 6.45) is 6.48. The number of carbonyl (C=O) groups is 3. The molecule has 3 amide bonds. The number of fused-ring (bicyclic) bond motifs is 1. The molecule has 35 heavy (non-hydrogen) atoms. The number of carbonyl (C=O) groups excluding carboxylic acids is 3. The first-order valence-electron chi connectivity index (χ1n) is 11.5. The first-order valence-corrected chi connectivity index (χ1v) is 12.3. The molecule has 0 bridgehead atoms. The smallest absolute Gasteiger partial charge is 0.260 e.